The van der Waals surface area contributed by atoms with E-state index in [1.54, 1.807) is 0 Å². The number of nitrogens with zero attached hydrogens (tertiary/aromatic N) is 1. The minimum atomic E-state index is -4.92. The predicted octanol–water partition coefficient (Wildman–Crippen LogP) is 1.50. The van der Waals surface area contributed by atoms with E-state index in [0.717, 1.165) is 12.3 Å². The summed E-state index contributed by atoms with van der Waals surface area (Å²) in [5.41, 5.74) is -0.0444. The number of ether oxygens (including phenoxy) is 1. The summed E-state index contributed by atoms with van der Waals surface area (Å²) < 4.78 is 38.3. The number of hydrogen-bond acceptors (Lipinski definition) is 4. The standard InChI is InChI=1S/C7H4F3NO3/c8-7(9,10)14-6-5(13)1-4(3-12)2-11-6/h1-3,13H. The number of aromatic nitrogens is 1. The molecular formula is C7H4F3NO3. The van der Waals surface area contributed by atoms with Crippen molar-refractivity contribution >= 4 is 6.29 Å². The van der Waals surface area contributed by atoms with Crippen LogP contribution in [-0.2, 0) is 0 Å². The first-order valence-electron chi connectivity index (χ1n) is 3.32. The van der Waals surface area contributed by atoms with Crippen LogP contribution in [0.4, 0.5) is 13.2 Å². The lowest BCUT2D eigenvalue weighted by Gasteiger charge is -2.08. The Bertz CT molecular complexity index is 351. The molecule has 14 heavy (non-hydrogen) atoms. The van der Waals surface area contributed by atoms with Crippen LogP contribution < -0.4 is 4.74 Å². The minimum absolute atomic E-state index is 0.0444. The third-order valence-electron chi connectivity index (χ3n) is 1.20. The fourth-order valence-electron chi connectivity index (χ4n) is 0.709. The van der Waals surface area contributed by atoms with Crippen molar-refractivity contribution in [2.75, 3.05) is 0 Å². The van der Waals surface area contributed by atoms with E-state index in [-0.39, 0.29) is 5.56 Å². The average molecular weight is 207 g/mol. The molecule has 0 aliphatic carbocycles. The van der Waals surface area contributed by atoms with Crippen LogP contribution in [0, 0.1) is 0 Å². The van der Waals surface area contributed by atoms with E-state index in [9.17, 15) is 18.0 Å². The zero-order chi connectivity index (χ0) is 10.8. The third kappa shape index (κ3) is 2.61. The predicted molar refractivity (Wildman–Crippen MR) is 38.0 cm³/mol. The van der Waals surface area contributed by atoms with Crippen LogP contribution in [0.25, 0.3) is 0 Å². The molecule has 0 fully saturated rings. The molecule has 0 radical (unpaired) electrons. The van der Waals surface area contributed by atoms with E-state index >= 15 is 0 Å². The van der Waals surface area contributed by atoms with Crippen molar-refractivity contribution in [2.24, 2.45) is 0 Å². The molecule has 0 aliphatic rings. The van der Waals surface area contributed by atoms with Crippen LogP contribution in [0.3, 0.4) is 0 Å². The minimum Gasteiger partial charge on any atom is -0.503 e. The summed E-state index contributed by atoms with van der Waals surface area (Å²) >= 11 is 0. The number of aromatic hydroxyl groups is 1. The van der Waals surface area contributed by atoms with Gasteiger partial charge in [0.15, 0.2) is 12.0 Å². The molecule has 0 spiro atoms. The van der Waals surface area contributed by atoms with Crippen LogP contribution in [0.5, 0.6) is 11.6 Å². The maximum Gasteiger partial charge on any atom is 0.574 e. The topological polar surface area (TPSA) is 59.4 Å². The van der Waals surface area contributed by atoms with Gasteiger partial charge in [0, 0.05) is 11.8 Å². The van der Waals surface area contributed by atoms with Gasteiger partial charge in [-0.15, -0.1) is 13.2 Å². The summed E-state index contributed by atoms with van der Waals surface area (Å²) in [4.78, 5) is 13.3. The SMILES string of the molecule is O=Cc1cnc(OC(F)(F)F)c(O)c1. The normalized spacial score (nSPS) is 11.1. The molecule has 0 saturated heterocycles. The van der Waals surface area contributed by atoms with Gasteiger partial charge in [-0.1, -0.05) is 0 Å². The zero-order valence-electron chi connectivity index (χ0n) is 6.58. The van der Waals surface area contributed by atoms with Gasteiger partial charge in [0.2, 0.25) is 0 Å². The van der Waals surface area contributed by atoms with Crippen LogP contribution >= 0.6 is 0 Å². The van der Waals surface area contributed by atoms with Crippen molar-refractivity contribution < 1.29 is 27.8 Å². The quantitative estimate of drug-likeness (QED) is 0.746. The molecule has 0 unspecified atom stereocenters. The van der Waals surface area contributed by atoms with Crippen molar-refractivity contribution in [1.82, 2.24) is 4.98 Å². The highest BCUT2D eigenvalue weighted by Gasteiger charge is 2.33. The van der Waals surface area contributed by atoms with Crippen LogP contribution in [0.1, 0.15) is 10.4 Å². The number of rotatable bonds is 2. The number of carbonyl (C=O) groups is 1. The molecule has 1 aromatic rings. The van der Waals surface area contributed by atoms with E-state index in [0.29, 0.717) is 6.29 Å². The highest BCUT2D eigenvalue weighted by atomic mass is 19.4. The molecule has 1 aromatic heterocycles. The fraction of sp³-hybridized carbons (Fsp3) is 0.143. The molecule has 1 rings (SSSR count). The Hall–Kier alpha value is -1.79. The van der Waals surface area contributed by atoms with Gasteiger partial charge in [-0.25, -0.2) is 4.98 Å². The maximum atomic E-state index is 11.7. The molecule has 76 valence electrons. The molecule has 0 bridgehead atoms. The molecule has 4 nitrogen and oxygen atoms in total. The molecule has 0 aliphatic heterocycles. The highest BCUT2D eigenvalue weighted by Crippen LogP contribution is 2.28. The lowest BCUT2D eigenvalue weighted by Crippen LogP contribution is -2.18. The number of pyridine rings is 1. The number of hydrogen-bond donors (Lipinski definition) is 1. The van der Waals surface area contributed by atoms with E-state index in [2.05, 4.69) is 9.72 Å². The van der Waals surface area contributed by atoms with Gasteiger partial charge in [-0.3, -0.25) is 4.79 Å². The smallest absolute Gasteiger partial charge is 0.503 e. The first-order chi connectivity index (χ1) is 6.42. The van der Waals surface area contributed by atoms with E-state index in [1.807, 2.05) is 0 Å². The zero-order valence-corrected chi connectivity index (χ0v) is 6.58. The second-order valence-electron chi connectivity index (χ2n) is 2.26. The number of alkyl halides is 3. The molecule has 1 heterocycles. The van der Waals surface area contributed by atoms with Crippen molar-refractivity contribution in [3.63, 3.8) is 0 Å². The van der Waals surface area contributed by atoms with E-state index in [4.69, 9.17) is 5.11 Å². The van der Waals surface area contributed by atoms with Gasteiger partial charge in [0.1, 0.15) is 0 Å². The molecule has 7 heteroatoms. The Kier molecular flexibility index (Phi) is 2.59. The molecule has 0 saturated carbocycles. The maximum absolute atomic E-state index is 11.7. The summed E-state index contributed by atoms with van der Waals surface area (Å²) in [5, 5.41) is 8.94. The largest absolute Gasteiger partial charge is 0.574 e. The van der Waals surface area contributed by atoms with E-state index < -0.39 is 18.0 Å². The highest BCUT2D eigenvalue weighted by molar-refractivity contribution is 5.75. The van der Waals surface area contributed by atoms with Gasteiger partial charge in [-0.05, 0) is 6.07 Å². The molecule has 1 N–H and O–H groups in total. The number of carbonyl (C=O) groups excluding carboxylic acids is 1. The Morgan fingerprint density at radius 2 is 2.14 bits per heavy atom. The Labute approximate surface area is 75.9 Å². The third-order valence-corrected chi connectivity index (χ3v) is 1.20. The van der Waals surface area contributed by atoms with Crippen molar-refractivity contribution in [3.05, 3.63) is 17.8 Å². The van der Waals surface area contributed by atoms with Crippen LogP contribution in [0.15, 0.2) is 12.3 Å². The second-order valence-corrected chi connectivity index (χ2v) is 2.26. The average Bonchev–Trinajstić information content (AvgIpc) is 2.06. The van der Waals surface area contributed by atoms with Gasteiger partial charge in [0.05, 0.1) is 0 Å². The summed E-state index contributed by atoms with van der Waals surface area (Å²) in [6.45, 7) is 0. The Morgan fingerprint density at radius 3 is 2.57 bits per heavy atom. The lowest BCUT2D eigenvalue weighted by atomic mass is 10.3. The second kappa shape index (κ2) is 3.52. The summed E-state index contributed by atoms with van der Waals surface area (Å²) in [7, 11) is 0. The van der Waals surface area contributed by atoms with Crippen LogP contribution in [-0.4, -0.2) is 22.7 Å². The Morgan fingerprint density at radius 1 is 1.50 bits per heavy atom. The monoisotopic (exact) mass is 207 g/mol. The van der Waals surface area contributed by atoms with Crippen LogP contribution in [0.2, 0.25) is 0 Å². The van der Waals surface area contributed by atoms with Gasteiger partial charge < -0.3 is 9.84 Å². The molecule has 0 atom stereocenters. The molecule has 0 amide bonds. The summed E-state index contributed by atoms with van der Waals surface area (Å²) in [5.74, 6) is -1.82. The lowest BCUT2D eigenvalue weighted by molar-refractivity contribution is -0.276. The summed E-state index contributed by atoms with van der Waals surface area (Å²) in [6.07, 6.45) is -3.73. The van der Waals surface area contributed by atoms with Gasteiger partial charge >= 0.3 is 6.36 Å². The fourth-order valence-corrected chi connectivity index (χ4v) is 0.709. The van der Waals surface area contributed by atoms with Crippen molar-refractivity contribution in [2.45, 2.75) is 6.36 Å². The summed E-state index contributed by atoms with van der Waals surface area (Å²) in [6, 6.07) is 0.821. The molecular weight excluding hydrogens is 203 g/mol. The number of halogens is 3. The van der Waals surface area contributed by atoms with E-state index in [1.165, 1.54) is 0 Å². The number of aldehydes is 1. The molecule has 0 aromatic carbocycles. The van der Waals surface area contributed by atoms with Crippen molar-refractivity contribution in [3.8, 4) is 11.6 Å². The Balaban J connectivity index is 2.95. The first-order valence-corrected chi connectivity index (χ1v) is 3.32. The first kappa shape index (κ1) is 10.3. The van der Waals surface area contributed by atoms with Gasteiger partial charge in [0.25, 0.3) is 5.88 Å². The van der Waals surface area contributed by atoms with Gasteiger partial charge in [-0.2, -0.15) is 0 Å². The van der Waals surface area contributed by atoms with Crippen molar-refractivity contribution in [1.29, 1.82) is 0 Å².